The summed E-state index contributed by atoms with van der Waals surface area (Å²) in [5.74, 6) is 0.591. The lowest BCUT2D eigenvalue weighted by Crippen LogP contribution is -1.97. The van der Waals surface area contributed by atoms with Crippen molar-refractivity contribution >= 4 is 22.6 Å². The molecular weight excluding hydrogens is 248 g/mol. The van der Waals surface area contributed by atoms with Gasteiger partial charge in [-0.3, -0.25) is 4.57 Å². The van der Waals surface area contributed by atoms with Gasteiger partial charge in [-0.25, -0.2) is 9.97 Å². The number of hydrogen-bond donors (Lipinski definition) is 0. The molecule has 2 aromatic heterocycles. The average Bonchev–Trinajstić information content (AvgIpc) is 2.81. The molecule has 18 heavy (non-hydrogen) atoms. The fourth-order valence-corrected chi connectivity index (χ4v) is 2.02. The van der Waals surface area contributed by atoms with Crippen LogP contribution in [0, 0.1) is 11.3 Å². The lowest BCUT2D eigenvalue weighted by atomic mass is 10.3. The van der Waals surface area contributed by atoms with E-state index in [4.69, 9.17) is 16.9 Å². The van der Waals surface area contributed by atoms with Crippen LogP contribution in [0.5, 0.6) is 0 Å². The van der Waals surface area contributed by atoms with Gasteiger partial charge in [-0.05, 0) is 24.3 Å². The number of fused-ring (bicyclic) bond motifs is 1. The van der Waals surface area contributed by atoms with Crippen LogP contribution in [0.15, 0.2) is 42.7 Å². The molecule has 0 spiro atoms. The van der Waals surface area contributed by atoms with E-state index in [9.17, 15) is 0 Å². The van der Waals surface area contributed by atoms with Crippen molar-refractivity contribution < 1.29 is 0 Å². The Balaban J connectivity index is 2.27. The van der Waals surface area contributed by atoms with E-state index in [2.05, 4.69) is 16.0 Å². The van der Waals surface area contributed by atoms with E-state index in [-0.39, 0.29) is 0 Å². The summed E-state index contributed by atoms with van der Waals surface area (Å²) in [6.07, 6.45) is 1.67. The highest BCUT2D eigenvalue weighted by molar-refractivity contribution is 6.29. The highest BCUT2D eigenvalue weighted by Crippen LogP contribution is 2.19. The smallest absolute Gasteiger partial charge is 0.141 e. The van der Waals surface area contributed by atoms with Gasteiger partial charge >= 0.3 is 0 Å². The second kappa shape index (κ2) is 4.13. The maximum absolute atomic E-state index is 8.94. The van der Waals surface area contributed by atoms with E-state index in [0.717, 1.165) is 11.0 Å². The first-order chi connectivity index (χ1) is 8.78. The quantitative estimate of drug-likeness (QED) is 0.628. The van der Waals surface area contributed by atoms with E-state index in [0.29, 0.717) is 16.5 Å². The molecule has 5 heteroatoms. The number of nitrogens with zero attached hydrogens (tertiary/aromatic N) is 4. The predicted octanol–water partition coefficient (Wildman–Crippen LogP) is 2.95. The van der Waals surface area contributed by atoms with Crippen LogP contribution in [0.4, 0.5) is 0 Å². The zero-order valence-electron chi connectivity index (χ0n) is 9.21. The van der Waals surface area contributed by atoms with Crippen LogP contribution in [0.25, 0.3) is 16.9 Å². The minimum absolute atomic E-state index is 0.293. The third-order valence-corrected chi connectivity index (χ3v) is 2.80. The summed E-state index contributed by atoms with van der Waals surface area (Å²) in [5, 5.41) is 9.23. The summed E-state index contributed by atoms with van der Waals surface area (Å²) in [7, 11) is 0. The Bertz CT molecular complexity index is 770. The third kappa shape index (κ3) is 1.71. The van der Waals surface area contributed by atoms with Gasteiger partial charge in [0.25, 0.3) is 0 Å². The molecule has 3 aromatic rings. The van der Waals surface area contributed by atoms with Gasteiger partial charge < -0.3 is 0 Å². The van der Waals surface area contributed by atoms with Gasteiger partial charge in [0.05, 0.1) is 22.7 Å². The van der Waals surface area contributed by atoms with Crippen LogP contribution < -0.4 is 0 Å². The van der Waals surface area contributed by atoms with Crippen LogP contribution >= 0.6 is 11.6 Å². The summed E-state index contributed by atoms with van der Waals surface area (Å²) in [6.45, 7) is 0. The Hall–Kier alpha value is -2.38. The number of aromatic nitrogens is 3. The topological polar surface area (TPSA) is 54.5 Å². The number of para-hydroxylation sites is 2. The van der Waals surface area contributed by atoms with E-state index in [1.165, 1.54) is 6.07 Å². The van der Waals surface area contributed by atoms with Crippen LogP contribution in [0.3, 0.4) is 0 Å². The predicted molar refractivity (Wildman–Crippen MR) is 68.6 cm³/mol. The molecule has 0 saturated carbocycles. The number of pyridine rings is 1. The maximum Gasteiger partial charge on any atom is 0.141 e. The van der Waals surface area contributed by atoms with Gasteiger partial charge in [0.15, 0.2) is 0 Å². The lowest BCUT2D eigenvalue weighted by Gasteiger charge is -2.04. The van der Waals surface area contributed by atoms with E-state index in [1.54, 1.807) is 12.4 Å². The average molecular weight is 255 g/mol. The van der Waals surface area contributed by atoms with Crippen LogP contribution in [0.2, 0.25) is 5.15 Å². The molecule has 0 fully saturated rings. The second-order valence-electron chi connectivity index (χ2n) is 3.75. The highest BCUT2D eigenvalue weighted by atomic mass is 35.5. The molecule has 0 aliphatic rings. The molecule has 0 amide bonds. The first kappa shape index (κ1) is 10.8. The Labute approximate surface area is 108 Å². The van der Waals surface area contributed by atoms with Crippen molar-refractivity contribution in [2.24, 2.45) is 0 Å². The van der Waals surface area contributed by atoms with Crippen molar-refractivity contribution in [2.75, 3.05) is 0 Å². The number of nitriles is 1. The van der Waals surface area contributed by atoms with Gasteiger partial charge in [-0.15, -0.1) is 0 Å². The van der Waals surface area contributed by atoms with Crippen molar-refractivity contribution in [3.63, 3.8) is 0 Å². The van der Waals surface area contributed by atoms with Crippen molar-refractivity contribution in [2.45, 2.75) is 0 Å². The van der Waals surface area contributed by atoms with Gasteiger partial charge in [0.1, 0.15) is 17.3 Å². The third-order valence-electron chi connectivity index (χ3n) is 2.61. The molecule has 0 radical (unpaired) electrons. The Morgan fingerprint density at radius 3 is 2.89 bits per heavy atom. The molecule has 2 heterocycles. The first-order valence-corrected chi connectivity index (χ1v) is 5.66. The second-order valence-corrected chi connectivity index (χ2v) is 4.14. The van der Waals surface area contributed by atoms with Gasteiger partial charge in [-0.1, -0.05) is 23.7 Å². The van der Waals surface area contributed by atoms with E-state index >= 15 is 0 Å². The zero-order chi connectivity index (χ0) is 12.5. The van der Waals surface area contributed by atoms with Gasteiger partial charge in [0, 0.05) is 0 Å². The summed E-state index contributed by atoms with van der Waals surface area (Å²) < 4.78 is 1.81. The molecule has 0 unspecified atom stereocenters. The Morgan fingerprint density at radius 1 is 1.22 bits per heavy atom. The van der Waals surface area contributed by atoms with Crippen molar-refractivity contribution in [1.29, 1.82) is 5.26 Å². The van der Waals surface area contributed by atoms with Gasteiger partial charge in [-0.2, -0.15) is 5.26 Å². The lowest BCUT2D eigenvalue weighted by molar-refractivity contribution is 1.02. The Morgan fingerprint density at radius 2 is 2.06 bits per heavy atom. The standard InChI is InChI=1S/C13H7ClN4/c14-12-5-9(7-15)6-13(17-12)18-8-16-10-3-1-2-4-11(10)18/h1-6,8H. The van der Waals surface area contributed by atoms with Crippen molar-refractivity contribution in [1.82, 2.24) is 14.5 Å². The van der Waals surface area contributed by atoms with E-state index in [1.807, 2.05) is 28.8 Å². The largest absolute Gasteiger partial charge is 0.283 e. The van der Waals surface area contributed by atoms with Crippen LogP contribution in [-0.4, -0.2) is 14.5 Å². The monoisotopic (exact) mass is 254 g/mol. The molecule has 0 saturated heterocycles. The summed E-state index contributed by atoms with van der Waals surface area (Å²) in [6, 6.07) is 13.0. The summed E-state index contributed by atoms with van der Waals surface area (Å²) in [5.41, 5.74) is 2.27. The molecule has 86 valence electrons. The summed E-state index contributed by atoms with van der Waals surface area (Å²) >= 11 is 5.90. The first-order valence-electron chi connectivity index (χ1n) is 5.28. The number of benzene rings is 1. The minimum atomic E-state index is 0.293. The van der Waals surface area contributed by atoms with Crippen LogP contribution in [0.1, 0.15) is 5.56 Å². The number of hydrogen-bond acceptors (Lipinski definition) is 3. The molecule has 0 aliphatic heterocycles. The highest BCUT2D eigenvalue weighted by Gasteiger charge is 2.07. The minimum Gasteiger partial charge on any atom is -0.283 e. The van der Waals surface area contributed by atoms with Gasteiger partial charge in [0.2, 0.25) is 0 Å². The summed E-state index contributed by atoms with van der Waals surface area (Å²) in [4.78, 5) is 8.49. The van der Waals surface area contributed by atoms with Crippen molar-refractivity contribution in [3.05, 3.63) is 53.4 Å². The van der Waals surface area contributed by atoms with Crippen molar-refractivity contribution in [3.8, 4) is 11.9 Å². The van der Waals surface area contributed by atoms with E-state index < -0.39 is 0 Å². The molecule has 4 nitrogen and oxygen atoms in total. The fourth-order valence-electron chi connectivity index (χ4n) is 1.81. The molecule has 0 bridgehead atoms. The molecular formula is C13H7ClN4. The van der Waals surface area contributed by atoms with Crippen LogP contribution in [-0.2, 0) is 0 Å². The number of imidazole rings is 1. The normalized spacial score (nSPS) is 10.4. The molecule has 1 aromatic carbocycles. The molecule has 0 aliphatic carbocycles. The number of halogens is 1. The molecule has 0 N–H and O–H groups in total. The zero-order valence-corrected chi connectivity index (χ0v) is 9.96. The number of rotatable bonds is 1. The molecule has 3 rings (SSSR count). The Kier molecular flexibility index (Phi) is 2.47. The SMILES string of the molecule is N#Cc1cc(Cl)nc(-n2cnc3ccccc32)c1. The fraction of sp³-hybridized carbons (Fsp3) is 0. The maximum atomic E-state index is 8.94. The molecule has 0 atom stereocenters.